The third-order valence-electron chi connectivity index (χ3n) is 2.57. The van der Waals surface area contributed by atoms with E-state index in [2.05, 4.69) is 15.5 Å². The Morgan fingerprint density at radius 3 is 2.38 bits per heavy atom. The van der Waals surface area contributed by atoms with Crippen molar-refractivity contribution in [2.45, 2.75) is 18.9 Å². The number of hydrogen-bond acceptors (Lipinski definition) is 3. The van der Waals surface area contributed by atoms with Crippen LogP contribution in [0.5, 0.6) is 0 Å². The zero-order valence-electron chi connectivity index (χ0n) is 7.39. The Labute approximate surface area is 74.0 Å². The lowest BCUT2D eigenvalue weighted by Crippen LogP contribution is -2.45. The lowest BCUT2D eigenvalue weighted by atomic mass is 10.0. The maximum absolute atomic E-state index is 11.3. The highest BCUT2D eigenvalue weighted by atomic mass is 16.2. The molecule has 1 aliphatic rings. The number of aromatic nitrogens is 3. The van der Waals surface area contributed by atoms with Crippen molar-refractivity contribution in [3.63, 3.8) is 0 Å². The Morgan fingerprint density at radius 2 is 1.92 bits per heavy atom. The molecule has 1 fully saturated rings. The van der Waals surface area contributed by atoms with E-state index in [-0.39, 0.29) is 16.9 Å². The highest BCUT2D eigenvalue weighted by Crippen LogP contribution is 2.19. The molecule has 0 aromatic carbocycles. The predicted molar refractivity (Wildman–Crippen MR) is 46.8 cm³/mol. The summed E-state index contributed by atoms with van der Waals surface area (Å²) in [5.41, 5.74) is -1.11. The van der Waals surface area contributed by atoms with E-state index in [1.807, 2.05) is 6.92 Å². The van der Waals surface area contributed by atoms with Crippen molar-refractivity contribution in [1.82, 2.24) is 20.1 Å². The summed E-state index contributed by atoms with van der Waals surface area (Å²) in [7, 11) is 0. The Hall–Kier alpha value is -1.30. The minimum absolute atomic E-state index is 0.365. The van der Waals surface area contributed by atoms with Crippen molar-refractivity contribution < 1.29 is 0 Å². The summed E-state index contributed by atoms with van der Waals surface area (Å²) in [5.74, 6) is 0. The van der Waals surface area contributed by atoms with Crippen molar-refractivity contribution in [1.29, 1.82) is 0 Å². The van der Waals surface area contributed by atoms with E-state index in [0.29, 0.717) is 6.54 Å². The van der Waals surface area contributed by atoms with Crippen molar-refractivity contribution in [3.05, 3.63) is 21.0 Å². The van der Waals surface area contributed by atoms with Gasteiger partial charge < -0.3 is 5.32 Å². The van der Waals surface area contributed by atoms with Crippen LogP contribution in [-0.4, -0.2) is 27.9 Å². The largest absolute Gasteiger partial charge is 0.344 e. The molecule has 13 heavy (non-hydrogen) atoms. The average Bonchev–Trinajstić information content (AvgIpc) is 2.60. The van der Waals surface area contributed by atoms with Crippen LogP contribution >= 0.6 is 0 Å². The minimum Gasteiger partial charge on any atom is -0.314 e. The molecule has 6 nitrogen and oxygen atoms in total. The molecule has 1 unspecified atom stereocenters. The molecule has 0 saturated carbocycles. The fourth-order valence-electron chi connectivity index (χ4n) is 1.80. The molecule has 1 aliphatic heterocycles. The zero-order valence-corrected chi connectivity index (χ0v) is 7.39. The number of hydrogen-bond donors (Lipinski definition) is 3. The lowest BCUT2D eigenvalue weighted by Gasteiger charge is -2.21. The summed E-state index contributed by atoms with van der Waals surface area (Å²) in [6.07, 6.45) is 0.799. The maximum Gasteiger partial charge on any atom is 0.344 e. The molecule has 0 radical (unpaired) electrons. The monoisotopic (exact) mass is 184 g/mol. The third-order valence-corrected chi connectivity index (χ3v) is 2.57. The second-order valence-electron chi connectivity index (χ2n) is 3.62. The van der Waals surface area contributed by atoms with Gasteiger partial charge in [-0.05, 0) is 19.9 Å². The van der Waals surface area contributed by atoms with E-state index in [0.717, 1.165) is 13.0 Å². The van der Waals surface area contributed by atoms with Gasteiger partial charge in [-0.3, -0.25) is 0 Å². The molecule has 1 aromatic rings. The van der Waals surface area contributed by atoms with Crippen molar-refractivity contribution in [3.8, 4) is 0 Å². The highest BCUT2D eigenvalue weighted by molar-refractivity contribution is 4.92. The van der Waals surface area contributed by atoms with Gasteiger partial charge in [-0.2, -0.15) is 0 Å². The normalized spacial score (nSPS) is 28.1. The molecule has 2 heterocycles. The van der Waals surface area contributed by atoms with Crippen LogP contribution in [0.1, 0.15) is 13.3 Å². The van der Waals surface area contributed by atoms with Gasteiger partial charge in [0.05, 0.1) is 5.54 Å². The van der Waals surface area contributed by atoms with Crippen LogP contribution in [0, 0.1) is 0 Å². The van der Waals surface area contributed by atoms with Gasteiger partial charge in [0.15, 0.2) is 0 Å². The maximum atomic E-state index is 11.3. The number of aromatic amines is 2. The summed E-state index contributed by atoms with van der Waals surface area (Å²) >= 11 is 0. The summed E-state index contributed by atoms with van der Waals surface area (Å²) in [4.78, 5) is 22.6. The van der Waals surface area contributed by atoms with Crippen LogP contribution in [0.2, 0.25) is 0 Å². The molecule has 0 bridgehead atoms. The summed E-state index contributed by atoms with van der Waals surface area (Å²) in [5, 5.41) is 7.69. The first-order valence-electron chi connectivity index (χ1n) is 4.24. The molecule has 2 rings (SSSR count). The molecule has 3 N–H and O–H groups in total. The quantitative estimate of drug-likeness (QED) is 0.500. The summed E-state index contributed by atoms with van der Waals surface area (Å²) < 4.78 is 1.24. The van der Waals surface area contributed by atoms with Crippen LogP contribution in [-0.2, 0) is 5.54 Å². The molecule has 72 valence electrons. The molecular weight excluding hydrogens is 172 g/mol. The average molecular weight is 184 g/mol. The summed E-state index contributed by atoms with van der Waals surface area (Å²) in [6.45, 7) is 3.40. The molecule has 1 aromatic heterocycles. The van der Waals surface area contributed by atoms with Crippen LogP contribution < -0.4 is 16.7 Å². The van der Waals surface area contributed by atoms with Gasteiger partial charge in [0.2, 0.25) is 0 Å². The van der Waals surface area contributed by atoms with E-state index in [9.17, 15) is 9.59 Å². The fraction of sp³-hybridized carbons (Fsp3) is 0.714. The standard InChI is InChI=1S/C7H12N4O2/c1-7(2-3-8-4-7)11-5(12)9-10-6(11)13/h8H,2-4H2,1H3,(H,9,12)(H,10,13). The molecule has 0 spiro atoms. The third kappa shape index (κ3) is 1.14. The van der Waals surface area contributed by atoms with Gasteiger partial charge in [0, 0.05) is 6.54 Å². The number of rotatable bonds is 1. The Balaban J connectivity index is 2.56. The van der Waals surface area contributed by atoms with Crippen LogP contribution in [0.4, 0.5) is 0 Å². The molecule has 0 aliphatic carbocycles. The second kappa shape index (κ2) is 2.59. The topological polar surface area (TPSA) is 82.7 Å². The van der Waals surface area contributed by atoms with E-state index < -0.39 is 0 Å². The van der Waals surface area contributed by atoms with Crippen LogP contribution in [0.15, 0.2) is 9.59 Å². The molecule has 6 heteroatoms. The lowest BCUT2D eigenvalue weighted by molar-refractivity contribution is 0.335. The first-order valence-corrected chi connectivity index (χ1v) is 4.24. The van der Waals surface area contributed by atoms with Crippen LogP contribution in [0.25, 0.3) is 0 Å². The fourth-order valence-corrected chi connectivity index (χ4v) is 1.80. The van der Waals surface area contributed by atoms with Crippen molar-refractivity contribution in [2.24, 2.45) is 0 Å². The molecule has 0 amide bonds. The van der Waals surface area contributed by atoms with Gasteiger partial charge in [0.1, 0.15) is 0 Å². The van der Waals surface area contributed by atoms with Gasteiger partial charge in [-0.25, -0.2) is 24.4 Å². The zero-order chi connectivity index (χ0) is 9.47. The van der Waals surface area contributed by atoms with Crippen molar-refractivity contribution in [2.75, 3.05) is 13.1 Å². The first kappa shape index (κ1) is 8.31. The molecular formula is C7H12N4O2. The van der Waals surface area contributed by atoms with E-state index in [1.165, 1.54) is 4.57 Å². The predicted octanol–water partition coefficient (Wildman–Crippen LogP) is -1.43. The Kier molecular flexibility index (Phi) is 1.66. The van der Waals surface area contributed by atoms with Gasteiger partial charge in [0.25, 0.3) is 0 Å². The van der Waals surface area contributed by atoms with Gasteiger partial charge in [-0.1, -0.05) is 0 Å². The molecule has 1 saturated heterocycles. The highest BCUT2D eigenvalue weighted by Gasteiger charge is 2.33. The van der Waals surface area contributed by atoms with E-state index >= 15 is 0 Å². The summed E-state index contributed by atoms with van der Waals surface area (Å²) in [6, 6.07) is 0. The Morgan fingerprint density at radius 1 is 1.31 bits per heavy atom. The van der Waals surface area contributed by atoms with Crippen molar-refractivity contribution >= 4 is 0 Å². The number of nitrogens with one attached hydrogen (secondary N) is 3. The molecule has 1 atom stereocenters. The van der Waals surface area contributed by atoms with Gasteiger partial charge >= 0.3 is 11.4 Å². The SMILES string of the molecule is CC1(n2c(=O)[nH][nH]c2=O)CCNC1. The number of H-pyrrole nitrogens is 2. The first-order chi connectivity index (χ1) is 6.13. The van der Waals surface area contributed by atoms with E-state index in [4.69, 9.17) is 0 Å². The second-order valence-corrected chi connectivity index (χ2v) is 3.62. The smallest absolute Gasteiger partial charge is 0.314 e. The Bertz CT molecular complexity index is 379. The van der Waals surface area contributed by atoms with Crippen LogP contribution in [0.3, 0.4) is 0 Å². The van der Waals surface area contributed by atoms with E-state index in [1.54, 1.807) is 0 Å². The number of nitrogens with zero attached hydrogens (tertiary/aromatic N) is 1. The van der Waals surface area contributed by atoms with Gasteiger partial charge in [-0.15, -0.1) is 0 Å². The minimum atomic E-state index is -0.384.